The molecule has 2 N–H and O–H groups in total. The summed E-state index contributed by atoms with van der Waals surface area (Å²) in [5.74, 6) is 1.26. The van der Waals surface area contributed by atoms with Crippen LogP contribution in [0.3, 0.4) is 0 Å². The first kappa shape index (κ1) is 14.0. The first-order valence-electron chi connectivity index (χ1n) is 6.53. The van der Waals surface area contributed by atoms with Crippen LogP contribution in [0.5, 0.6) is 0 Å². The Bertz CT molecular complexity index is 316. The Morgan fingerprint density at radius 2 is 1.71 bits per heavy atom. The maximum atomic E-state index is 5.65. The van der Waals surface area contributed by atoms with Gasteiger partial charge in [-0.3, -0.25) is 0 Å². The smallest absolute Gasteiger partial charge is 0.0363 e. The highest BCUT2D eigenvalue weighted by Gasteiger charge is 2.06. The molecule has 0 aromatic heterocycles. The molecule has 96 valence electrons. The number of nitrogens with zero attached hydrogens (tertiary/aromatic N) is 1. The lowest BCUT2D eigenvalue weighted by molar-refractivity contribution is 0.590. The highest BCUT2D eigenvalue weighted by Crippen LogP contribution is 2.16. The summed E-state index contributed by atoms with van der Waals surface area (Å²) in [7, 11) is 2.13. The molecule has 2 heteroatoms. The van der Waals surface area contributed by atoms with Crippen molar-refractivity contribution in [3.8, 4) is 0 Å². The van der Waals surface area contributed by atoms with Gasteiger partial charge in [0.15, 0.2) is 0 Å². The van der Waals surface area contributed by atoms with Crippen molar-refractivity contribution in [2.75, 3.05) is 25.0 Å². The fraction of sp³-hybridized carbons (Fsp3) is 0.600. The van der Waals surface area contributed by atoms with Crippen molar-refractivity contribution in [3.05, 3.63) is 29.8 Å². The molecule has 2 nitrogen and oxygen atoms in total. The minimum Gasteiger partial charge on any atom is -0.374 e. The van der Waals surface area contributed by atoms with Gasteiger partial charge in [-0.05, 0) is 42.5 Å². The molecule has 0 saturated heterocycles. The van der Waals surface area contributed by atoms with Gasteiger partial charge in [-0.25, -0.2) is 0 Å². The van der Waals surface area contributed by atoms with E-state index < -0.39 is 0 Å². The molecule has 17 heavy (non-hydrogen) atoms. The third kappa shape index (κ3) is 4.78. The number of anilines is 1. The molecule has 1 rings (SSSR count). The van der Waals surface area contributed by atoms with Gasteiger partial charge in [0.25, 0.3) is 0 Å². The summed E-state index contributed by atoms with van der Waals surface area (Å²) in [4.78, 5) is 2.27. The van der Waals surface area contributed by atoms with E-state index in [1.165, 1.54) is 11.3 Å². The Labute approximate surface area is 106 Å². The van der Waals surface area contributed by atoms with Gasteiger partial charge in [0.05, 0.1) is 0 Å². The lowest BCUT2D eigenvalue weighted by Gasteiger charge is -2.23. The van der Waals surface area contributed by atoms with Crippen molar-refractivity contribution in [2.24, 2.45) is 17.6 Å². The van der Waals surface area contributed by atoms with Crippen LogP contribution in [0.25, 0.3) is 0 Å². The quantitative estimate of drug-likeness (QED) is 0.820. The Hall–Kier alpha value is -1.02. The summed E-state index contributed by atoms with van der Waals surface area (Å²) >= 11 is 0. The predicted octanol–water partition coefficient (Wildman–Crippen LogP) is 2.92. The fourth-order valence-electron chi connectivity index (χ4n) is 2.01. The van der Waals surface area contributed by atoms with E-state index in [0.29, 0.717) is 5.92 Å². The highest BCUT2D eigenvalue weighted by atomic mass is 15.1. The fourth-order valence-corrected chi connectivity index (χ4v) is 2.01. The van der Waals surface area contributed by atoms with Crippen LogP contribution in [0, 0.1) is 11.8 Å². The maximum Gasteiger partial charge on any atom is 0.0363 e. The largest absolute Gasteiger partial charge is 0.374 e. The minimum absolute atomic E-state index is 0.537. The SMILES string of the molecule is CC(C)Cc1ccc(N(C)CC(C)CN)cc1. The second-order valence-corrected chi connectivity index (χ2v) is 5.49. The van der Waals surface area contributed by atoms with Gasteiger partial charge in [-0.2, -0.15) is 0 Å². The molecule has 0 aliphatic rings. The van der Waals surface area contributed by atoms with Crippen LogP contribution in [0.2, 0.25) is 0 Å². The average Bonchev–Trinajstić information content (AvgIpc) is 2.28. The third-order valence-corrected chi connectivity index (χ3v) is 3.01. The van der Waals surface area contributed by atoms with Gasteiger partial charge in [0.1, 0.15) is 0 Å². The van der Waals surface area contributed by atoms with E-state index >= 15 is 0 Å². The minimum atomic E-state index is 0.537. The van der Waals surface area contributed by atoms with Crippen molar-refractivity contribution < 1.29 is 0 Å². The van der Waals surface area contributed by atoms with Gasteiger partial charge in [0.2, 0.25) is 0 Å². The van der Waals surface area contributed by atoms with Crippen LogP contribution in [0.4, 0.5) is 5.69 Å². The Morgan fingerprint density at radius 3 is 2.18 bits per heavy atom. The van der Waals surface area contributed by atoms with Crippen LogP contribution in [-0.4, -0.2) is 20.1 Å². The predicted molar refractivity (Wildman–Crippen MR) is 76.5 cm³/mol. The van der Waals surface area contributed by atoms with Gasteiger partial charge in [-0.15, -0.1) is 0 Å². The zero-order chi connectivity index (χ0) is 12.8. The van der Waals surface area contributed by atoms with E-state index in [9.17, 15) is 0 Å². The standard InChI is InChI=1S/C15H26N2/c1-12(2)9-14-5-7-15(8-6-14)17(4)11-13(3)10-16/h5-8,12-13H,9-11,16H2,1-4H3. The van der Waals surface area contributed by atoms with Gasteiger partial charge in [-0.1, -0.05) is 32.9 Å². The Balaban J connectivity index is 2.60. The maximum absolute atomic E-state index is 5.65. The van der Waals surface area contributed by atoms with Crippen molar-refractivity contribution in [1.82, 2.24) is 0 Å². The van der Waals surface area contributed by atoms with E-state index in [0.717, 1.165) is 25.4 Å². The molecule has 0 amide bonds. The number of hydrogen-bond acceptors (Lipinski definition) is 2. The highest BCUT2D eigenvalue weighted by molar-refractivity contribution is 5.46. The molecule has 1 aromatic rings. The summed E-state index contributed by atoms with van der Waals surface area (Å²) in [6.07, 6.45) is 1.16. The van der Waals surface area contributed by atoms with Crippen molar-refractivity contribution in [3.63, 3.8) is 0 Å². The molecular formula is C15H26N2. The first-order chi connectivity index (χ1) is 8.02. The van der Waals surface area contributed by atoms with E-state index in [2.05, 4.69) is 57.0 Å². The topological polar surface area (TPSA) is 29.3 Å². The van der Waals surface area contributed by atoms with Crippen LogP contribution in [0.15, 0.2) is 24.3 Å². The van der Waals surface area contributed by atoms with Crippen LogP contribution >= 0.6 is 0 Å². The van der Waals surface area contributed by atoms with E-state index in [-0.39, 0.29) is 0 Å². The lowest BCUT2D eigenvalue weighted by atomic mass is 10.0. The van der Waals surface area contributed by atoms with Crippen LogP contribution in [0.1, 0.15) is 26.3 Å². The number of rotatable bonds is 6. The zero-order valence-electron chi connectivity index (χ0n) is 11.6. The molecule has 0 bridgehead atoms. The van der Waals surface area contributed by atoms with E-state index in [4.69, 9.17) is 5.73 Å². The normalized spacial score (nSPS) is 12.8. The van der Waals surface area contributed by atoms with Crippen molar-refractivity contribution >= 4 is 5.69 Å². The summed E-state index contributed by atoms with van der Waals surface area (Å²) in [5, 5.41) is 0. The van der Waals surface area contributed by atoms with Gasteiger partial charge >= 0.3 is 0 Å². The van der Waals surface area contributed by atoms with Crippen molar-refractivity contribution in [2.45, 2.75) is 27.2 Å². The molecule has 0 saturated carbocycles. The molecule has 1 unspecified atom stereocenters. The number of benzene rings is 1. The molecule has 0 heterocycles. The molecule has 1 aromatic carbocycles. The lowest BCUT2D eigenvalue weighted by Crippen LogP contribution is -2.28. The summed E-state index contributed by atoms with van der Waals surface area (Å²) in [6.45, 7) is 8.45. The average molecular weight is 234 g/mol. The van der Waals surface area contributed by atoms with Gasteiger partial charge in [0, 0.05) is 19.3 Å². The molecule has 0 aliphatic carbocycles. The number of nitrogens with two attached hydrogens (primary N) is 1. The summed E-state index contributed by atoms with van der Waals surface area (Å²) < 4.78 is 0. The second-order valence-electron chi connectivity index (χ2n) is 5.49. The molecule has 0 radical (unpaired) electrons. The van der Waals surface area contributed by atoms with E-state index in [1.807, 2.05) is 0 Å². The molecule has 0 aliphatic heterocycles. The zero-order valence-corrected chi connectivity index (χ0v) is 11.6. The molecule has 0 fully saturated rings. The molecular weight excluding hydrogens is 208 g/mol. The second kappa shape index (κ2) is 6.65. The first-order valence-corrected chi connectivity index (χ1v) is 6.53. The van der Waals surface area contributed by atoms with Crippen molar-refractivity contribution in [1.29, 1.82) is 0 Å². The summed E-state index contributed by atoms with van der Waals surface area (Å²) in [6, 6.07) is 8.89. The monoisotopic (exact) mass is 234 g/mol. The van der Waals surface area contributed by atoms with Crippen LogP contribution < -0.4 is 10.6 Å². The van der Waals surface area contributed by atoms with Gasteiger partial charge < -0.3 is 10.6 Å². The van der Waals surface area contributed by atoms with E-state index in [1.54, 1.807) is 0 Å². The Kier molecular flexibility index (Phi) is 5.49. The Morgan fingerprint density at radius 1 is 1.12 bits per heavy atom. The molecule has 0 spiro atoms. The number of hydrogen-bond donors (Lipinski definition) is 1. The third-order valence-electron chi connectivity index (χ3n) is 3.01. The van der Waals surface area contributed by atoms with Crippen LogP contribution in [-0.2, 0) is 6.42 Å². The summed E-state index contributed by atoms with van der Waals surface area (Å²) in [5.41, 5.74) is 8.35. The molecule has 1 atom stereocenters.